The van der Waals surface area contributed by atoms with Crippen molar-refractivity contribution in [3.05, 3.63) is 76.0 Å². The van der Waals surface area contributed by atoms with Gasteiger partial charge in [-0.15, -0.1) is 10.2 Å². The Morgan fingerprint density at radius 2 is 2.06 bits per heavy atom. The second-order valence-electron chi connectivity index (χ2n) is 7.04. The average Bonchev–Trinajstić information content (AvgIpc) is 3.42. The summed E-state index contributed by atoms with van der Waals surface area (Å²) in [5.41, 5.74) is 6.56. The summed E-state index contributed by atoms with van der Waals surface area (Å²) in [6, 6.07) is 15.9. The molecule has 0 aliphatic rings. The Balaban J connectivity index is 1.35. The molecule has 2 N–H and O–H groups in total. The Morgan fingerprint density at radius 1 is 1.19 bits per heavy atom. The third-order valence-corrected chi connectivity index (χ3v) is 5.04. The van der Waals surface area contributed by atoms with E-state index in [9.17, 15) is 10.1 Å². The van der Waals surface area contributed by atoms with E-state index in [0.717, 1.165) is 17.3 Å². The maximum atomic E-state index is 11.2. The van der Waals surface area contributed by atoms with E-state index in [4.69, 9.17) is 4.42 Å². The van der Waals surface area contributed by atoms with Crippen molar-refractivity contribution < 1.29 is 9.34 Å². The van der Waals surface area contributed by atoms with Crippen LogP contribution in [0.25, 0.3) is 33.4 Å². The Morgan fingerprint density at radius 3 is 2.91 bits per heavy atom. The van der Waals surface area contributed by atoms with Crippen LogP contribution in [0.1, 0.15) is 18.2 Å². The zero-order valence-electron chi connectivity index (χ0n) is 16.9. The van der Waals surface area contributed by atoms with Crippen LogP contribution in [0, 0.1) is 10.1 Å². The number of aryl methyl sites for hydroxylation is 1. The molecule has 0 aliphatic carbocycles. The fourth-order valence-corrected chi connectivity index (χ4v) is 3.45. The third-order valence-electron chi connectivity index (χ3n) is 5.04. The number of H-pyrrole nitrogens is 1. The highest BCUT2D eigenvalue weighted by atomic mass is 16.6. The minimum absolute atomic E-state index is 0.0272. The number of nitrogens with zero attached hydrogens (tertiary/aromatic N) is 5. The first-order valence-corrected chi connectivity index (χ1v) is 9.90. The number of benzene rings is 2. The first-order valence-electron chi connectivity index (χ1n) is 9.90. The number of aromatic amines is 1. The number of nitrogens with one attached hydrogen (secondary N) is 2. The van der Waals surface area contributed by atoms with Crippen molar-refractivity contribution in [3.63, 3.8) is 0 Å². The second-order valence-corrected chi connectivity index (χ2v) is 7.04. The number of hydrogen-bond acceptors (Lipinski definition) is 8. The fourth-order valence-electron chi connectivity index (χ4n) is 3.45. The van der Waals surface area contributed by atoms with Gasteiger partial charge in [0.1, 0.15) is 17.0 Å². The molecule has 0 bridgehead atoms. The van der Waals surface area contributed by atoms with Gasteiger partial charge in [-0.3, -0.25) is 10.1 Å². The number of aromatic nitrogens is 4. The van der Waals surface area contributed by atoms with E-state index in [1.807, 2.05) is 6.07 Å². The SMILES string of the molecule is CCc1ccc2[nH]c3nc(N/N=C\c4ccc(-c5ccccc5[N+](=O)[O-])o4)nnc3c2c1. The zero-order chi connectivity index (χ0) is 22.1. The molecule has 0 radical (unpaired) electrons. The van der Waals surface area contributed by atoms with E-state index in [1.54, 1.807) is 30.3 Å². The average molecular weight is 427 g/mol. The van der Waals surface area contributed by atoms with E-state index >= 15 is 0 Å². The molecule has 0 saturated carbocycles. The summed E-state index contributed by atoms with van der Waals surface area (Å²) < 4.78 is 5.67. The zero-order valence-corrected chi connectivity index (χ0v) is 16.9. The van der Waals surface area contributed by atoms with Crippen LogP contribution < -0.4 is 5.43 Å². The van der Waals surface area contributed by atoms with Crippen LogP contribution >= 0.6 is 0 Å². The molecule has 5 aromatic rings. The van der Waals surface area contributed by atoms with Crippen molar-refractivity contribution in [2.24, 2.45) is 5.10 Å². The van der Waals surface area contributed by atoms with Crippen LogP contribution in [0.4, 0.5) is 11.6 Å². The maximum absolute atomic E-state index is 11.2. The third kappa shape index (κ3) is 3.54. The molecule has 0 spiro atoms. The van der Waals surface area contributed by atoms with E-state index < -0.39 is 4.92 Å². The minimum Gasteiger partial charge on any atom is -0.455 e. The molecule has 5 rings (SSSR count). The summed E-state index contributed by atoms with van der Waals surface area (Å²) in [5, 5.41) is 24.6. The quantitative estimate of drug-likeness (QED) is 0.228. The topological polar surface area (TPSA) is 135 Å². The Hall–Kier alpha value is -4.60. The number of para-hydroxylation sites is 1. The lowest BCUT2D eigenvalue weighted by Gasteiger charge is -1.98. The summed E-state index contributed by atoms with van der Waals surface area (Å²) in [6.45, 7) is 2.10. The van der Waals surface area contributed by atoms with Crippen LogP contribution in [0.15, 0.2) is 64.1 Å². The minimum atomic E-state index is -0.444. The number of furan rings is 1. The van der Waals surface area contributed by atoms with Crippen molar-refractivity contribution in [1.82, 2.24) is 20.2 Å². The molecule has 0 saturated heterocycles. The monoisotopic (exact) mass is 427 g/mol. The molecule has 158 valence electrons. The number of hydrazone groups is 1. The Labute approximate surface area is 181 Å². The van der Waals surface area contributed by atoms with Gasteiger partial charge < -0.3 is 9.40 Å². The lowest BCUT2D eigenvalue weighted by molar-refractivity contribution is -0.384. The smallest absolute Gasteiger partial charge is 0.280 e. The molecule has 0 unspecified atom stereocenters. The highest BCUT2D eigenvalue weighted by molar-refractivity contribution is 6.03. The number of anilines is 1. The molecule has 10 nitrogen and oxygen atoms in total. The number of hydrogen-bond donors (Lipinski definition) is 2. The molecule has 0 atom stereocenters. The van der Waals surface area contributed by atoms with Gasteiger partial charge in [0.15, 0.2) is 5.65 Å². The van der Waals surface area contributed by atoms with Crippen LogP contribution in [-0.4, -0.2) is 31.3 Å². The number of rotatable bonds is 6. The van der Waals surface area contributed by atoms with E-state index in [0.29, 0.717) is 28.2 Å². The van der Waals surface area contributed by atoms with Gasteiger partial charge in [0.25, 0.3) is 11.6 Å². The lowest BCUT2D eigenvalue weighted by Crippen LogP contribution is -1.98. The van der Waals surface area contributed by atoms with Crippen molar-refractivity contribution in [1.29, 1.82) is 0 Å². The molecule has 2 aromatic carbocycles. The molecular formula is C22H17N7O3. The van der Waals surface area contributed by atoms with Crippen LogP contribution in [0.3, 0.4) is 0 Å². The van der Waals surface area contributed by atoms with Crippen LogP contribution in [0.5, 0.6) is 0 Å². The van der Waals surface area contributed by atoms with Gasteiger partial charge in [-0.2, -0.15) is 10.1 Å². The summed E-state index contributed by atoms with van der Waals surface area (Å²) >= 11 is 0. The number of nitro benzene ring substituents is 1. The number of nitro groups is 1. The normalized spacial score (nSPS) is 11.5. The molecule has 0 amide bonds. The molecule has 0 fully saturated rings. The van der Waals surface area contributed by atoms with Gasteiger partial charge in [-0.1, -0.05) is 25.1 Å². The van der Waals surface area contributed by atoms with Crippen molar-refractivity contribution in [2.45, 2.75) is 13.3 Å². The highest BCUT2D eigenvalue weighted by Crippen LogP contribution is 2.30. The Kier molecular flexibility index (Phi) is 4.79. The predicted octanol–water partition coefficient (Wildman–Crippen LogP) is 4.68. The van der Waals surface area contributed by atoms with Gasteiger partial charge >= 0.3 is 0 Å². The van der Waals surface area contributed by atoms with Gasteiger partial charge in [-0.05, 0) is 42.3 Å². The van der Waals surface area contributed by atoms with Gasteiger partial charge in [0.2, 0.25) is 0 Å². The van der Waals surface area contributed by atoms with Gasteiger partial charge in [0.05, 0.1) is 16.7 Å². The molecule has 3 heterocycles. The second kappa shape index (κ2) is 7.91. The first-order chi connectivity index (χ1) is 15.6. The van der Waals surface area contributed by atoms with Gasteiger partial charge in [0, 0.05) is 17.0 Å². The highest BCUT2D eigenvalue weighted by Gasteiger charge is 2.17. The molecule has 10 heteroatoms. The molecule has 32 heavy (non-hydrogen) atoms. The number of fused-ring (bicyclic) bond motifs is 3. The Bertz CT molecular complexity index is 1490. The van der Waals surface area contributed by atoms with Gasteiger partial charge in [-0.25, -0.2) is 5.43 Å². The van der Waals surface area contributed by atoms with E-state index in [-0.39, 0.29) is 11.6 Å². The largest absolute Gasteiger partial charge is 0.455 e. The standard InChI is InChI=1S/C22H17N7O3/c1-2-13-7-9-17-16(11-13)20-21(24-17)25-22(28-26-20)27-23-12-14-8-10-19(32-14)15-5-3-4-6-18(15)29(30)31/h3-12H,2H2,1H3,(H2,24,25,27,28)/b23-12-. The first kappa shape index (κ1) is 19.4. The molecule has 3 aromatic heterocycles. The maximum Gasteiger partial charge on any atom is 0.280 e. The van der Waals surface area contributed by atoms with Crippen molar-refractivity contribution >= 4 is 39.9 Å². The summed E-state index contributed by atoms with van der Waals surface area (Å²) in [4.78, 5) is 18.4. The lowest BCUT2D eigenvalue weighted by atomic mass is 10.1. The fraction of sp³-hybridized carbons (Fsp3) is 0.0909. The molecular weight excluding hydrogens is 410 g/mol. The molecule has 0 aliphatic heterocycles. The van der Waals surface area contributed by atoms with Crippen molar-refractivity contribution in [2.75, 3.05) is 5.43 Å². The summed E-state index contributed by atoms with van der Waals surface area (Å²) in [5.74, 6) is 1.02. The van der Waals surface area contributed by atoms with Crippen LogP contribution in [0.2, 0.25) is 0 Å². The van der Waals surface area contributed by atoms with E-state index in [1.165, 1.54) is 17.8 Å². The van der Waals surface area contributed by atoms with Crippen molar-refractivity contribution in [3.8, 4) is 11.3 Å². The van der Waals surface area contributed by atoms with Crippen LogP contribution in [-0.2, 0) is 6.42 Å². The predicted molar refractivity (Wildman–Crippen MR) is 121 cm³/mol. The summed E-state index contributed by atoms with van der Waals surface area (Å²) in [7, 11) is 0. The summed E-state index contributed by atoms with van der Waals surface area (Å²) in [6.07, 6.45) is 2.37. The van der Waals surface area contributed by atoms with E-state index in [2.05, 4.69) is 49.7 Å².